The molecule has 1 saturated heterocycles. The summed E-state index contributed by atoms with van der Waals surface area (Å²) in [5.41, 5.74) is -0.988. The molecule has 310 valence electrons. The standard InChI is InChI=1S/C43H64N2O10Si/c1-40(2,3)37(48)53-32-26-51-36(34(55-39(50)42(7,8)9)33(32)54-38(49)41(4,5)6)45(27-46)31(24-28-20-16-15-17-21-28)35(47)44-30-23-19-18-22-29(30)25-52-56(13,14)43(10,11)12/h15-23,27,31-34,36H,24-26H2,1-14H3,(H,44,47)/t31-,32-,33-,34+,36-/m1/s1. The fourth-order valence-electron chi connectivity index (χ4n) is 5.24. The van der Waals surface area contributed by atoms with Crippen LogP contribution in [-0.4, -0.2) is 80.6 Å². The Morgan fingerprint density at radius 2 is 1.27 bits per heavy atom. The number of hydrogen-bond acceptors (Lipinski definition) is 10. The molecule has 2 aromatic rings. The Kier molecular flexibility index (Phi) is 14.9. The largest absolute Gasteiger partial charge is 0.455 e. The fourth-order valence-corrected chi connectivity index (χ4v) is 6.19. The Bertz CT molecular complexity index is 1680. The topological polar surface area (TPSA) is 147 Å². The van der Waals surface area contributed by atoms with Crippen LogP contribution in [0.2, 0.25) is 18.1 Å². The van der Waals surface area contributed by atoms with Gasteiger partial charge in [-0.05, 0) is 97.6 Å². The smallest absolute Gasteiger partial charge is 0.311 e. The molecule has 0 aliphatic carbocycles. The van der Waals surface area contributed by atoms with Crippen molar-refractivity contribution in [3.8, 4) is 0 Å². The third kappa shape index (κ3) is 12.2. The molecule has 0 saturated carbocycles. The second-order valence-corrected chi connectivity index (χ2v) is 23.9. The van der Waals surface area contributed by atoms with Gasteiger partial charge in [0.1, 0.15) is 6.04 Å². The van der Waals surface area contributed by atoms with Crippen LogP contribution in [0.3, 0.4) is 0 Å². The summed E-state index contributed by atoms with van der Waals surface area (Å²) >= 11 is 0. The highest BCUT2D eigenvalue weighted by molar-refractivity contribution is 6.74. The lowest BCUT2D eigenvalue weighted by molar-refractivity contribution is -0.256. The van der Waals surface area contributed by atoms with Crippen molar-refractivity contribution in [2.75, 3.05) is 11.9 Å². The average Bonchev–Trinajstić information content (AvgIpc) is 3.08. The zero-order valence-corrected chi connectivity index (χ0v) is 36.8. The molecule has 5 atom stereocenters. The van der Waals surface area contributed by atoms with E-state index in [1.54, 1.807) is 74.4 Å². The number of hydrogen-bond donors (Lipinski definition) is 1. The molecule has 2 aromatic carbocycles. The fraction of sp³-hybridized carbons (Fsp3) is 0.605. The van der Waals surface area contributed by atoms with E-state index in [0.717, 1.165) is 16.0 Å². The number of carbonyl (C=O) groups excluding carboxylic acids is 5. The minimum absolute atomic E-state index is 0.0352. The maximum atomic E-state index is 14.6. The molecule has 0 unspecified atom stereocenters. The molecule has 2 amide bonds. The van der Waals surface area contributed by atoms with Gasteiger partial charge in [-0.1, -0.05) is 69.3 Å². The van der Waals surface area contributed by atoms with Crippen LogP contribution in [0.4, 0.5) is 5.69 Å². The Hall–Kier alpha value is -4.07. The summed E-state index contributed by atoms with van der Waals surface area (Å²) in [6.45, 7) is 25.6. The van der Waals surface area contributed by atoms with Crippen LogP contribution >= 0.6 is 0 Å². The SMILES string of the molecule is CC(C)(C)C(=O)O[C@H]1[C@H](OC(=O)C(C)(C)C)[C@H](OC(=O)C(C)(C)C)CO[C@H]1N(C=O)[C@H](Cc1ccccc1)C(=O)Nc1ccccc1CO[Si](C)(C)C(C)(C)C. The van der Waals surface area contributed by atoms with Gasteiger partial charge in [0.15, 0.2) is 32.9 Å². The van der Waals surface area contributed by atoms with Crippen LogP contribution in [0.15, 0.2) is 54.6 Å². The van der Waals surface area contributed by atoms with E-state index in [9.17, 15) is 24.0 Å². The van der Waals surface area contributed by atoms with Gasteiger partial charge in [0.05, 0.1) is 29.5 Å². The van der Waals surface area contributed by atoms with Gasteiger partial charge in [-0.3, -0.25) is 24.0 Å². The van der Waals surface area contributed by atoms with E-state index in [1.807, 2.05) is 42.5 Å². The zero-order chi connectivity index (χ0) is 42.4. The third-order valence-electron chi connectivity index (χ3n) is 10.0. The molecular formula is C43H64N2O10Si. The van der Waals surface area contributed by atoms with Crippen LogP contribution in [-0.2, 0) is 60.4 Å². The average molecular weight is 797 g/mol. The van der Waals surface area contributed by atoms with Crippen molar-refractivity contribution in [3.63, 3.8) is 0 Å². The molecule has 1 aliphatic rings. The van der Waals surface area contributed by atoms with Crippen LogP contribution < -0.4 is 5.32 Å². The molecule has 1 N–H and O–H groups in total. The number of esters is 3. The first-order chi connectivity index (χ1) is 25.7. The van der Waals surface area contributed by atoms with Gasteiger partial charge in [0.2, 0.25) is 12.3 Å². The second-order valence-electron chi connectivity index (χ2n) is 19.1. The summed E-state index contributed by atoms with van der Waals surface area (Å²) in [5.74, 6) is -2.51. The second kappa shape index (κ2) is 18.0. The van der Waals surface area contributed by atoms with Crippen LogP contribution in [0, 0.1) is 16.2 Å². The molecule has 1 heterocycles. The molecule has 56 heavy (non-hydrogen) atoms. The number of benzene rings is 2. The summed E-state index contributed by atoms with van der Waals surface area (Å²) in [6, 6.07) is 15.2. The van der Waals surface area contributed by atoms with Gasteiger partial charge in [0.25, 0.3) is 0 Å². The Morgan fingerprint density at radius 3 is 1.79 bits per heavy atom. The maximum absolute atomic E-state index is 14.6. The molecule has 1 fully saturated rings. The summed E-state index contributed by atoms with van der Waals surface area (Å²) < 4.78 is 30.8. The lowest BCUT2D eigenvalue weighted by Gasteiger charge is -2.46. The summed E-state index contributed by atoms with van der Waals surface area (Å²) in [4.78, 5) is 69.5. The van der Waals surface area contributed by atoms with Gasteiger partial charge < -0.3 is 33.6 Å². The first kappa shape index (κ1) is 46.3. The number of anilines is 1. The van der Waals surface area contributed by atoms with E-state index >= 15 is 0 Å². The molecule has 3 rings (SSSR count). The Labute approximate surface area is 334 Å². The van der Waals surface area contributed by atoms with E-state index in [1.165, 1.54) is 0 Å². The predicted molar refractivity (Wildman–Crippen MR) is 217 cm³/mol. The van der Waals surface area contributed by atoms with E-state index in [4.69, 9.17) is 23.4 Å². The number of para-hydroxylation sites is 1. The number of rotatable bonds is 13. The number of carbonyl (C=O) groups is 5. The van der Waals surface area contributed by atoms with Crippen molar-refractivity contribution >= 4 is 44.2 Å². The molecule has 0 radical (unpaired) electrons. The highest BCUT2D eigenvalue weighted by Crippen LogP contribution is 2.38. The van der Waals surface area contributed by atoms with Gasteiger partial charge in [0, 0.05) is 12.1 Å². The minimum atomic E-state index is -2.15. The molecular weight excluding hydrogens is 733 g/mol. The van der Waals surface area contributed by atoms with E-state index in [0.29, 0.717) is 12.1 Å². The van der Waals surface area contributed by atoms with Gasteiger partial charge in [-0.2, -0.15) is 0 Å². The molecule has 0 aromatic heterocycles. The molecule has 12 nitrogen and oxygen atoms in total. The Morgan fingerprint density at radius 1 is 0.768 bits per heavy atom. The zero-order valence-electron chi connectivity index (χ0n) is 35.8. The van der Waals surface area contributed by atoms with Crippen molar-refractivity contribution in [1.29, 1.82) is 0 Å². The van der Waals surface area contributed by atoms with Crippen molar-refractivity contribution in [3.05, 3.63) is 65.7 Å². The minimum Gasteiger partial charge on any atom is -0.455 e. The summed E-state index contributed by atoms with van der Waals surface area (Å²) in [7, 11) is -2.15. The van der Waals surface area contributed by atoms with Crippen molar-refractivity contribution in [2.45, 2.75) is 145 Å². The number of amides is 2. The van der Waals surface area contributed by atoms with Crippen LogP contribution in [0.1, 0.15) is 94.2 Å². The number of nitrogens with zero attached hydrogens (tertiary/aromatic N) is 1. The van der Waals surface area contributed by atoms with Gasteiger partial charge in [-0.25, -0.2) is 0 Å². The molecule has 13 heteroatoms. The lowest BCUT2D eigenvalue weighted by Crippen LogP contribution is -2.65. The van der Waals surface area contributed by atoms with Crippen LogP contribution in [0.5, 0.6) is 0 Å². The first-order valence-corrected chi connectivity index (χ1v) is 22.1. The monoisotopic (exact) mass is 796 g/mol. The normalized spacial score (nSPS) is 20.0. The molecule has 0 bridgehead atoms. The number of ether oxygens (including phenoxy) is 4. The highest BCUT2D eigenvalue weighted by atomic mass is 28.4. The van der Waals surface area contributed by atoms with Crippen molar-refractivity contribution in [2.24, 2.45) is 16.2 Å². The van der Waals surface area contributed by atoms with Crippen LogP contribution in [0.25, 0.3) is 0 Å². The molecule has 1 aliphatic heterocycles. The quantitative estimate of drug-likeness (QED) is 0.0939. The van der Waals surface area contributed by atoms with Gasteiger partial charge >= 0.3 is 17.9 Å². The lowest BCUT2D eigenvalue weighted by atomic mass is 9.94. The van der Waals surface area contributed by atoms with Crippen molar-refractivity contribution < 1.29 is 47.3 Å². The predicted octanol–water partition coefficient (Wildman–Crippen LogP) is 7.45. The molecule has 0 spiro atoms. The van der Waals surface area contributed by atoms with Crippen molar-refractivity contribution in [1.82, 2.24) is 4.90 Å². The van der Waals surface area contributed by atoms with E-state index < -0.39 is 79.0 Å². The van der Waals surface area contributed by atoms with E-state index in [2.05, 4.69) is 39.2 Å². The first-order valence-electron chi connectivity index (χ1n) is 19.2. The third-order valence-corrected chi connectivity index (χ3v) is 14.5. The summed E-state index contributed by atoms with van der Waals surface area (Å²) in [6.07, 6.45) is -5.08. The van der Waals surface area contributed by atoms with E-state index in [-0.39, 0.29) is 24.7 Å². The summed E-state index contributed by atoms with van der Waals surface area (Å²) in [5, 5.41) is 3.00. The highest BCUT2D eigenvalue weighted by Gasteiger charge is 2.53. The maximum Gasteiger partial charge on any atom is 0.311 e. The Balaban J connectivity index is 2.15. The number of nitrogens with one attached hydrogen (secondary N) is 1. The van der Waals surface area contributed by atoms with Gasteiger partial charge in [-0.15, -0.1) is 0 Å².